The van der Waals surface area contributed by atoms with E-state index in [2.05, 4.69) is 61.1 Å². The molecule has 12 heteroatoms. The molecule has 1 fully saturated rings. The minimum absolute atomic E-state index is 0.290. The van der Waals surface area contributed by atoms with Crippen LogP contribution in [0.5, 0.6) is 0 Å². The van der Waals surface area contributed by atoms with Gasteiger partial charge < -0.3 is 20.4 Å². The Morgan fingerprint density at radius 3 is 0.808 bits per heavy atom. The maximum atomic E-state index is 11.1. The van der Waals surface area contributed by atoms with Crippen molar-refractivity contribution < 1.29 is 20.4 Å². The highest BCUT2D eigenvalue weighted by atomic mass is 33.1. The summed E-state index contributed by atoms with van der Waals surface area (Å²) < 4.78 is 0. The van der Waals surface area contributed by atoms with Gasteiger partial charge in [-0.2, -0.15) is 0 Å². The van der Waals surface area contributed by atoms with Gasteiger partial charge in [0.1, 0.15) is 0 Å². The lowest BCUT2D eigenvalue weighted by Gasteiger charge is -2.44. The van der Waals surface area contributed by atoms with E-state index in [0.29, 0.717) is 38.3 Å². The van der Waals surface area contributed by atoms with E-state index in [-0.39, 0.29) is 24.4 Å². The lowest BCUT2D eigenvalue weighted by atomic mass is 10.0. The highest BCUT2D eigenvalue weighted by Gasteiger charge is 2.28. The lowest BCUT2D eigenvalue weighted by molar-refractivity contribution is 0.0516. The Labute approximate surface area is 503 Å². The molecule has 6 atom stereocenters. The average Bonchev–Trinajstić information content (AvgIpc) is 3.42. The molecular formula is C66H136N4O4S4. The third-order valence-corrected chi connectivity index (χ3v) is 21.6. The Morgan fingerprint density at radius 1 is 0.321 bits per heavy atom. The number of unbranched alkanes of at least 4 members (excludes halogenated alkanes) is 30. The first kappa shape index (κ1) is 77.1. The summed E-state index contributed by atoms with van der Waals surface area (Å²) in [6.45, 7) is 23.4. The smallest absolute Gasteiger partial charge is 0.0667 e. The molecule has 1 aliphatic heterocycles. The van der Waals surface area contributed by atoms with Gasteiger partial charge in [0.25, 0.3) is 0 Å². The molecule has 6 unspecified atom stereocenters. The van der Waals surface area contributed by atoms with Gasteiger partial charge in [-0.25, -0.2) is 0 Å². The van der Waals surface area contributed by atoms with E-state index in [4.69, 9.17) is 0 Å². The summed E-state index contributed by atoms with van der Waals surface area (Å²) in [5.74, 6) is 4.68. The van der Waals surface area contributed by atoms with Crippen LogP contribution in [0.4, 0.5) is 0 Å². The maximum absolute atomic E-state index is 11.1. The fraction of sp³-hybridized carbons (Fsp3) is 1.00. The molecule has 4 N–H and O–H groups in total. The highest BCUT2D eigenvalue weighted by Crippen LogP contribution is 2.27. The summed E-state index contributed by atoms with van der Waals surface area (Å²) in [5.41, 5.74) is 0. The summed E-state index contributed by atoms with van der Waals surface area (Å²) in [5, 5.41) is 44.2. The molecule has 78 heavy (non-hydrogen) atoms. The number of hydrogen-bond acceptors (Lipinski definition) is 12. The molecule has 1 heterocycles. The Hall–Kier alpha value is 1.08. The van der Waals surface area contributed by atoms with Crippen LogP contribution in [0.1, 0.15) is 298 Å². The summed E-state index contributed by atoms with van der Waals surface area (Å²) in [4.78, 5) is 10.2. The van der Waals surface area contributed by atoms with Crippen LogP contribution in [0.15, 0.2) is 0 Å². The van der Waals surface area contributed by atoms with Gasteiger partial charge >= 0.3 is 0 Å². The minimum atomic E-state index is -0.290. The van der Waals surface area contributed by atoms with E-state index < -0.39 is 0 Å². The van der Waals surface area contributed by atoms with E-state index in [1.165, 1.54) is 216 Å². The standard InChI is InChI=1S/C66H136N4O4S4/c1-7-11-15-19-23-27-31-35-43-63(71)57-67(58-64(72)44-36-32-28-24-20-16-12-8-2)47-39-41-51-75-77-53-49-69-55-62(6)70(56-61(69)5)50-54-78-76-52-42-40-48-68(59-65(73)45-37-33-29-25-21-17-13-9-3)60-66(74)46-38-34-30-26-22-18-14-10-4/h61-66,71-74H,7-60H2,1-6H3. The topological polar surface area (TPSA) is 93.9 Å². The number of hydrogen-bond donors (Lipinski definition) is 4. The molecule has 0 aliphatic carbocycles. The van der Waals surface area contributed by atoms with Crippen molar-refractivity contribution in [1.29, 1.82) is 0 Å². The number of rotatable bonds is 62. The molecule has 0 amide bonds. The second-order valence-corrected chi connectivity index (χ2v) is 30.0. The molecule has 0 aromatic heterocycles. The summed E-state index contributed by atoms with van der Waals surface area (Å²) in [6, 6.07) is 1.18. The van der Waals surface area contributed by atoms with Gasteiger partial charge in [0, 0.05) is 87.5 Å². The van der Waals surface area contributed by atoms with Crippen LogP contribution < -0.4 is 0 Å². The van der Waals surface area contributed by atoms with Crippen molar-refractivity contribution in [2.75, 3.05) is 88.5 Å². The third-order valence-electron chi connectivity index (χ3n) is 16.7. The summed E-state index contributed by atoms with van der Waals surface area (Å²) in [7, 11) is 8.17. The predicted octanol–water partition coefficient (Wildman–Crippen LogP) is 17.9. The fourth-order valence-electron chi connectivity index (χ4n) is 11.6. The quantitative estimate of drug-likeness (QED) is 0.0345. The Bertz CT molecular complexity index is 1060. The molecule has 0 bridgehead atoms. The van der Waals surface area contributed by atoms with E-state index >= 15 is 0 Å². The summed E-state index contributed by atoms with van der Waals surface area (Å²) in [6.07, 6.45) is 48.5. The first-order chi connectivity index (χ1) is 38.1. The maximum Gasteiger partial charge on any atom is 0.0667 e. The van der Waals surface area contributed by atoms with Gasteiger partial charge in [-0.15, -0.1) is 0 Å². The van der Waals surface area contributed by atoms with Gasteiger partial charge in [-0.05, 0) is 78.3 Å². The van der Waals surface area contributed by atoms with Crippen LogP contribution in [0, 0.1) is 0 Å². The number of aliphatic hydroxyl groups is 4. The molecule has 1 rings (SSSR count). The van der Waals surface area contributed by atoms with E-state index in [1.807, 2.05) is 43.2 Å². The summed E-state index contributed by atoms with van der Waals surface area (Å²) >= 11 is 0. The van der Waals surface area contributed by atoms with Gasteiger partial charge in [-0.1, -0.05) is 276 Å². The largest absolute Gasteiger partial charge is 0.392 e. The second-order valence-electron chi connectivity index (χ2n) is 24.6. The number of aliphatic hydroxyl groups excluding tert-OH is 4. The zero-order chi connectivity index (χ0) is 56.8. The fourth-order valence-corrected chi connectivity index (χ4v) is 15.9. The van der Waals surface area contributed by atoms with Crippen LogP contribution in [0.3, 0.4) is 0 Å². The molecule has 0 saturated carbocycles. The molecule has 0 spiro atoms. The molecule has 0 radical (unpaired) electrons. The van der Waals surface area contributed by atoms with Crippen LogP contribution >= 0.6 is 43.2 Å². The Kier molecular flexibility index (Phi) is 57.8. The predicted molar refractivity (Wildman–Crippen MR) is 356 cm³/mol. The molecule has 8 nitrogen and oxygen atoms in total. The number of piperazine rings is 1. The molecule has 0 aromatic carbocycles. The van der Waals surface area contributed by atoms with Crippen molar-refractivity contribution in [2.24, 2.45) is 0 Å². The third kappa shape index (κ3) is 49.4. The minimum Gasteiger partial charge on any atom is -0.392 e. The number of nitrogens with zero attached hydrogens (tertiary/aromatic N) is 4. The first-order valence-corrected chi connectivity index (χ1v) is 39.2. The van der Waals surface area contributed by atoms with Crippen molar-refractivity contribution in [3.8, 4) is 0 Å². The molecule has 468 valence electrons. The second kappa shape index (κ2) is 58.5. The van der Waals surface area contributed by atoms with Crippen LogP contribution in [-0.4, -0.2) is 165 Å². The molecular weight excluding hydrogens is 1040 g/mol. The van der Waals surface area contributed by atoms with Crippen LogP contribution in [-0.2, 0) is 0 Å². The average molecular weight is 1180 g/mol. The normalized spacial score (nSPS) is 17.2. The van der Waals surface area contributed by atoms with Crippen LogP contribution in [0.2, 0.25) is 0 Å². The molecule has 0 aromatic rings. The van der Waals surface area contributed by atoms with Gasteiger partial charge in [0.2, 0.25) is 0 Å². The van der Waals surface area contributed by atoms with Crippen molar-refractivity contribution in [2.45, 2.75) is 335 Å². The molecule has 1 saturated heterocycles. The molecule has 1 aliphatic rings. The highest BCUT2D eigenvalue weighted by molar-refractivity contribution is 8.77. The van der Waals surface area contributed by atoms with E-state index in [9.17, 15) is 20.4 Å². The monoisotopic (exact) mass is 1180 g/mol. The van der Waals surface area contributed by atoms with Crippen molar-refractivity contribution in [1.82, 2.24) is 19.6 Å². The Morgan fingerprint density at radius 2 is 0.551 bits per heavy atom. The van der Waals surface area contributed by atoms with E-state index in [0.717, 1.165) is 103 Å². The lowest BCUT2D eigenvalue weighted by Crippen LogP contribution is -2.57. The van der Waals surface area contributed by atoms with E-state index in [1.54, 1.807) is 0 Å². The van der Waals surface area contributed by atoms with Gasteiger partial charge in [0.15, 0.2) is 0 Å². The van der Waals surface area contributed by atoms with Crippen molar-refractivity contribution >= 4 is 43.2 Å². The van der Waals surface area contributed by atoms with Gasteiger partial charge in [0.05, 0.1) is 24.4 Å². The zero-order valence-corrected chi connectivity index (χ0v) is 56.1. The van der Waals surface area contributed by atoms with Crippen LogP contribution in [0.25, 0.3) is 0 Å². The van der Waals surface area contributed by atoms with Crippen molar-refractivity contribution in [3.63, 3.8) is 0 Å². The van der Waals surface area contributed by atoms with Gasteiger partial charge in [-0.3, -0.25) is 19.6 Å². The zero-order valence-electron chi connectivity index (χ0n) is 52.9. The SMILES string of the molecule is CCCCCCCCCCC(O)CN(CCCCSSCCN1CC(C)N(CCSSCCCCN(CC(O)CCCCCCCCCC)CC(O)CCCCCCCCCC)CC1C)CC(O)CCCCCCCCCC. The first-order valence-electron chi connectivity index (χ1n) is 34.3. The van der Waals surface area contributed by atoms with Crippen molar-refractivity contribution in [3.05, 3.63) is 0 Å². The Balaban J connectivity index is 2.36.